The van der Waals surface area contributed by atoms with Crippen LogP contribution in [-0.4, -0.2) is 13.7 Å². The standard InChI is InChI=1S/C26H24FN3O4S.C2H6/c1-14-5-10-18(11-6-14)35-34-22-16(3)24(31)28(4)23-21(22)25(32)29(17-8-9-17)26(33)30(23)20-12-7-15(2)13-19(20)27;1-2/h5-7,10-13,17H,8-9H2,1-4H3;1-2H3. The minimum atomic E-state index is -0.677. The Kier molecular flexibility index (Phi) is 7.45. The Morgan fingerprint density at radius 2 is 1.54 bits per heavy atom. The van der Waals surface area contributed by atoms with Gasteiger partial charge in [-0.15, -0.1) is 0 Å². The number of pyridine rings is 1. The van der Waals surface area contributed by atoms with Crippen molar-refractivity contribution in [3.8, 4) is 11.4 Å². The van der Waals surface area contributed by atoms with Crippen molar-refractivity contribution in [2.24, 2.45) is 7.05 Å². The minimum absolute atomic E-state index is 0.00485. The summed E-state index contributed by atoms with van der Waals surface area (Å²) in [6.45, 7) is 9.29. The first-order chi connectivity index (χ1) is 17.7. The number of aromatic nitrogens is 3. The summed E-state index contributed by atoms with van der Waals surface area (Å²) in [5, 5.41) is 0.0655. The van der Waals surface area contributed by atoms with Crippen molar-refractivity contribution < 1.29 is 8.57 Å². The molecule has 0 radical (unpaired) electrons. The zero-order chi connectivity index (χ0) is 27.0. The molecule has 0 bridgehead atoms. The molecular formula is C28H30FN3O4S. The highest BCUT2D eigenvalue weighted by atomic mass is 32.2. The molecule has 194 valence electrons. The molecule has 0 unspecified atom stereocenters. The van der Waals surface area contributed by atoms with Gasteiger partial charge < -0.3 is 4.18 Å². The molecule has 7 nitrogen and oxygen atoms in total. The summed E-state index contributed by atoms with van der Waals surface area (Å²) >= 11 is 1.02. The maximum Gasteiger partial charge on any atom is 0.337 e. The van der Waals surface area contributed by atoms with Gasteiger partial charge in [-0.2, -0.15) is 0 Å². The zero-order valence-electron chi connectivity index (χ0n) is 21.8. The van der Waals surface area contributed by atoms with Crippen LogP contribution >= 0.6 is 12.0 Å². The number of hydrogen-bond acceptors (Lipinski definition) is 5. The molecule has 1 saturated carbocycles. The maximum absolute atomic E-state index is 15.1. The molecule has 2 aromatic heterocycles. The van der Waals surface area contributed by atoms with E-state index in [0.29, 0.717) is 18.4 Å². The number of fused-ring (bicyclic) bond motifs is 1. The van der Waals surface area contributed by atoms with Crippen molar-refractivity contribution in [2.45, 2.75) is 58.4 Å². The van der Waals surface area contributed by atoms with Crippen molar-refractivity contribution in [3.63, 3.8) is 0 Å². The summed E-state index contributed by atoms with van der Waals surface area (Å²) < 4.78 is 24.6. The SMILES string of the molecule is CC.Cc1ccc(SOc2c(C)c(=O)n(C)c3c2c(=O)n(C2CC2)c(=O)n3-c2ccc(C)cc2F)cc1. The highest BCUT2D eigenvalue weighted by Gasteiger charge is 2.32. The van der Waals surface area contributed by atoms with Crippen LogP contribution in [0.25, 0.3) is 16.7 Å². The smallest absolute Gasteiger partial charge is 0.337 e. The number of benzene rings is 2. The lowest BCUT2D eigenvalue weighted by Gasteiger charge is -2.19. The fourth-order valence-electron chi connectivity index (χ4n) is 4.21. The third-order valence-corrected chi connectivity index (χ3v) is 6.99. The van der Waals surface area contributed by atoms with E-state index in [9.17, 15) is 14.4 Å². The molecule has 9 heteroatoms. The van der Waals surface area contributed by atoms with E-state index >= 15 is 4.39 Å². The molecule has 1 fully saturated rings. The Labute approximate surface area is 218 Å². The van der Waals surface area contributed by atoms with Gasteiger partial charge in [-0.25, -0.2) is 13.8 Å². The van der Waals surface area contributed by atoms with E-state index in [1.54, 1.807) is 19.9 Å². The predicted octanol–water partition coefficient (Wildman–Crippen LogP) is 5.36. The van der Waals surface area contributed by atoms with Crippen LogP contribution in [-0.2, 0) is 7.05 Å². The van der Waals surface area contributed by atoms with Gasteiger partial charge in [-0.05, 0) is 63.4 Å². The highest BCUT2D eigenvalue weighted by molar-refractivity contribution is 7.95. The Morgan fingerprint density at radius 3 is 2.14 bits per heavy atom. The van der Waals surface area contributed by atoms with Gasteiger partial charge in [0.25, 0.3) is 11.1 Å². The average molecular weight is 524 g/mol. The average Bonchev–Trinajstić information content (AvgIpc) is 3.71. The summed E-state index contributed by atoms with van der Waals surface area (Å²) in [4.78, 5) is 41.3. The molecule has 2 heterocycles. The van der Waals surface area contributed by atoms with Crippen molar-refractivity contribution in [1.29, 1.82) is 0 Å². The van der Waals surface area contributed by atoms with Crippen LogP contribution in [0.15, 0.2) is 61.7 Å². The predicted molar refractivity (Wildman–Crippen MR) is 146 cm³/mol. The molecule has 0 atom stereocenters. The van der Waals surface area contributed by atoms with Gasteiger partial charge in [0.1, 0.15) is 16.9 Å². The van der Waals surface area contributed by atoms with Crippen molar-refractivity contribution in [1.82, 2.24) is 13.7 Å². The van der Waals surface area contributed by atoms with E-state index in [1.165, 1.54) is 23.7 Å². The van der Waals surface area contributed by atoms with Crippen LogP contribution in [0.2, 0.25) is 0 Å². The van der Waals surface area contributed by atoms with E-state index in [4.69, 9.17) is 4.18 Å². The van der Waals surface area contributed by atoms with Crippen LogP contribution in [0.3, 0.4) is 0 Å². The molecule has 0 spiro atoms. The molecule has 0 amide bonds. The van der Waals surface area contributed by atoms with E-state index in [2.05, 4.69) is 0 Å². The molecule has 0 saturated heterocycles. The first-order valence-corrected chi connectivity index (χ1v) is 13.0. The van der Waals surface area contributed by atoms with Gasteiger partial charge in [0, 0.05) is 18.0 Å². The summed E-state index contributed by atoms with van der Waals surface area (Å²) in [5.74, 6) is -0.548. The molecule has 37 heavy (non-hydrogen) atoms. The summed E-state index contributed by atoms with van der Waals surface area (Å²) in [5.41, 5.74) is 0.294. The quantitative estimate of drug-likeness (QED) is 0.329. The van der Waals surface area contributed by atoms with Crippen LogP contribution < -0.4 is 21.0 Å². The Balaban J connectivity index is 0.00000156. The van der Waals surface area contributed by atoms with Crippen molar-refractivity contribution >= 4 is 23.1 Å². The van der Waals surface area contributed by atoms with Crippen LogP contribution in [0.1, 0.15) is 49.4 Å². The van der Waals surface area contributed by atoms with E-state index in [-0.39, 0.29) is 34.1 Å². The van der Waals surface area contributed by atoms with Gasteiger partial charge in [-0.1, -0.05) is 37.6 Å². The number of halogens is 1. The van der Waals surface area contributed by atoms with Gasteiger partial charge in [0.15, 0.2) is 5.75 Å². The summed E-state index contributed by atoms with van der Waals surface area (Å²) in [6, 6.07) is 11.8. The van der Waals surface area contributed by atoms with Gasteiger partial charge in [0.05, 0.1) is 23.3 Å². The number of nitrogens with zero attached hydrogens (tertiary/aromatic N) is 3. The van der Waals surface area contributed by atoms with Gasteiger partial charge in [-0.3, -0.25) is 18.7 Å². The van der Waals surface area contributed by atoms with Gasteiger partial charge >= 0.3 is 5.69 Å². The second kappa shape index (κ2) is 10.4. The first kappa shape index (κ1) is 26.5. The largest absolute Gasteiger partial charge is 0.419 e. The lowest BCUT2D eigenvalue weighted by molar-refractivity contribution is 0.590. The highest BCUT2D eigenvalue weighted by Crippen LogP contribution is 2.35. The molecule has 5 rings (SSSR count). The molecule has 2 aromatic carbocycles. The zero-order valence-corrected chi connectivity index (χ0v) is 22.6. The maximum atomic E-state index is 15.1. The minimum Gasteiger partial charge on any atom is -0.419 e. The Morgan fingerprint density at radius 1 is 0.919 bits per heavy atom. The monoisotopic (exact) mass is 523 g/mol. The van der Waals surface area contributed by atoms with Crippen LogP contribution in [0, 0.1) is 26.6 Å². The molecular weight excluding hydrogens is 493 g/mol. The fourth-order valence-corrected chi connectivity index (χ4v) is 4.85. The first-order valence-electron chi connectivity index (χ1n) is 12.3. The number of rotatable bonds is 5. The van der Waals surface area contributed by atoms with E-state index in [1.807, 2.05) is 45.0 Å². The van der Waals surface area contributed by atoms with E-state index in [0.717, 1.165) is 31.6 Å². The topological polar surface area (TPSA) is 75.2 Å². The summed E-state index contributed by atoms with van der Waals surface area (Å²) in [6.07, 6.45) is 1.35. The second-order valence-electron chi connectivity index (χ2n) is 8.98. The third kappa shape index (κ3) is 4.75. The molecule has 0 aliphatic heterocycles. The van der Waals surface area contributed by atoms with Gasteiger partial charge in [0.2, 0.25) is 0 Å². The number of aryl methyl sites for hydroxylation is 3. The van der Waals surface area contributed by atoms with Crippen molar-refractivity contribution in [2.75, 3.05) is 0 Å². The molecule has 0 N–H and O–H groups in total. The Hall–Kier alpha value is -3.59. The normalized spacial score (nSPS) is 12.8. The number of hydrogen-bond donors (Lipinski definition) is 0. The summed E-state index contributed by atoms with van der Waals surface area (Å²) in [7, 11) is 1.47. The molecule has 4 aromatic rings. The molecule has 1 aliphatic carbocycles. The molecule has 1 aliphatic rings. The second-order valence-corrected chi connectivity index (χ2v) is 9.78. The van der Waals surface area contributed by atoms with Crippen molar-refractivity contribution in [3.05, 3.63) is 96.2 Å². The lowest BCUT2D eigenvalue weighted by Crippen LogP contribution is -2.41. The van der Waals surface area contributed by atoms with Crippen LogP contribution in [0.5, 0.6) is 5.75 Å². The Bertz CT molecular complexity index is 1670. The third-order valence-electron chi connectivity index (χ3n) is 6.27. The van der Waals surface area contributed by atoms with Crippen LogP contribution in [0.4, 0.5) is 4.39 Å². The van der Waals surface area contributed by atoms with E-state index < -0.39 is 22.6 Å². The lowest BCUT2D eigenvalue weighted by atomic mass is 10.2. The fraction of sp³-hybridized carbons (Fsp3) is 0.321.